The van der Waals surface area contributed by atoms with E-state index in [4.69, 9.17) is 9.47 Å². The van der Waals surface area contributed by atoms with E-state index >= 15 is 0 Å². The van der Waals surface area contributed by atoms with Gasteiger partial charge in [0.25, 0.3) is 11.8 Å². The normalized spacial score (nSPS) is 19.1. The Morgan fingerprint density at radius 2 is 1.53 bits per heavy atom. The average Bonchev–Trinajstić information content (AvgIpc) is 3.89. The van der Waals surface area contributed by atoms with Gasteiger partial charge in [-0.25, -0.2) is 0 Å². The molecule has 3 rings (SSSR count). The Hall–Kier alpha value is -4.67. The lowest BCUT2D eigenvalue weighted by Gasteiger charge is -2.41. The molecule has 0 unspecified atom stereocenters. The largest absolute Gasteiger partial charge is 0.386 e. The summed E-state index contributed by atoms with van der Waals surface area (Å²) < 4.78 is 12.0. The lowest BCUT2D eigenvalue weighted by Crippen LogP contribution is -2.62. The van der Waals surface area contributed by atoms with Gasteiger partial charge in [0.05, 0.1) is 48.8 Å². The third-order valence-electron chi connectivity index (χ3n) is 13.4. The Kier molecular flexibility index (Phi) is 20.6. The molecule has 16 heteroatoms. The second-order valence-corrected chi connectivity index (χ2v) is 18.4. The molecule has 2 aliphatic heterocycles. The van der Waals surface area contributed by atoms with Crippen molar-refractivity contribution >= 4 is 41.4 Å². The number of nitrogens with one attached hydrogen (secondary N) is 2. The summed E-state index contributed by atoms with van der Waals surface area (Å²) in [6.07, 6.45) is 4.04. The van der Waals surface area contributed by atoms with Crippen molar-refractivity contribution in [2.45, 2.75) is 155 Å². The minimum atomic E-state index is -1.31. The molecule has 16 nitrogen and oxygen atoms in total. The summed E-state index contributed by atoms with van der Waals surface area (Å²) in [6, 6.07) is 6.64. The number of rotatable bonds is 25. The molecule has 1 saturated heterocycles. The van der Waals surface area contributed by atoms with E-state index < -0.39 is 59.8 Å². The molecule has 0 radical (unpaired) electrons. The monoisotopic (exact) mass is 897 g/mol. The van der Waals surface area contributed by atoms with Crippen LogP contribution >= 0.6 is 0 Å². The fraction of sp³-hybridized carbons (Fsp3) is 0.688. The third-order valence-corrected chi connectivity index (χ3v) is 13.4. The molecule has 0 aliphatic carbocycles. The number of aliphatic hydroxyl groups is 1. The number of aliphatic hydroxyl groups excluding tert-OH is 1. The van der Waals surface area contributed by atoms with Crippen LogP contribution in [0.5, 0.6) is 0 Å². The smallest absolute Gasteiger partial charge is 0.253 e. The van der Waals surface area contributed by atoms with Crippen LogP contribution in [0.1, 0.15) is 118 Å². The maximum Gasteiger partial charge on any atom is 0.253 e. The zero-order valence-corrected chi connectivity index (χ0v) is 40.3. The lowest BCUT2D eigenvalue weighted by molar-refractivity contribution is -0.149. The van der Waals surface area contributed by atoms with Crippen LogP contribution in [0.15, 0.2) is 42.5 Å². The highest BCUT2D eigenvalue weighted by atomic mass is 16.5. The van der Waals surface area contributed by atoms with Crippen LogP contribution in [0.2, 0.25) is 0 Å². The quantitative estimate of drug-likeness (QED) is 0.0954. The van der Waals surface area contributed by atoms with Gasteiger partial charge in [0.2, 0.25) is 29.5 Å². The SMILES string of the molecule is CC[C@H](C)[C@@H]([C@@H](CC(=O)N1CCC[C@H]1[C@H](OC)[C@@H](C)C(=O)N[C@H](C)[C@@H](O)c1ccccc1)OC)N(C)C(=O)[C@@H](NC(=O)C(C)(C)N(C)C(=O)CCCCCN1C(=O)C=CC1=O)C(C)C. The number of ether oxygens (including phenoxy) is 2. The highest BCUT2D eigenvalue weighted by molar-refractivity contribution is 6.12. The second kappa shape index (κ2) is 24.6. The van der Waals surface area contributed by atoms with Gasteiger partial charge >= 0.3 is 0 Å². The molecule has 3 N–H and O–H groups in total. The Labute approximate surface area is 380 Å². The van der Waals surface area contributed by atoms with Gasteiger partial charge in [-0.2, -0.15) is 0 Å². The number of benzene rings is 1. The number of amides is 7. The topological polar surface area (TPSA) is 195 Å². The zero-order chi connectivity index (χ0) is 48.1. The number of carbonyl (C=O) groups excluding carboxylic acids is 7. The lowest BCUT2D eigenvalue weighted by atomic mass is 9.89. The van der Waals surface area contributed by atoms with Gasteiger partial charge in [0.1, 0.15) is 11.6 Å². The number of nitrogens with zero attached hydrogens (tertiary/aromatic N) is 4. The number of imide groups is 1. The van der Waals surface area contributed by atoms with E-state index in [2.05, 4.69) is 10.6 Å². The fourth-order valence-electron chi connectivity index (χ4n) is 8.74. The van der Waals surface area contributed by atoms with E-state index in [1.54, 1.807) is 63.7 Å². The van der Waals surface area contributed by atoms with Crippen molar-refractivity contribution in [1.29, 1.82) is 0 Å². The molecule has 0 saturated carbocycles. The molecule has 64 heavy (non-hydrogen) atoms. The minimum Gasteiger partial charge on any atom is -0.386 e. The summed E-state index contributed by atoms with van der Waals surface area (Å²) in [6.45, 7) is 15.2. The van der Waals surface area contributed by atoms with Crippen LogP contribution in [0.4, 0.5) is 0 Å². The summed E-state index contributed by atoms with van der Waals surface area (Å²) in [7, 11) is 6.27. The first kappa shape index (κ1) is 53.7. The van der Waals surface area contributed by atoms with E-state index in [-0.39, 0.29) is 66.7 Å². The molecule has 9 atom stereocenters. The van der Waals surface area contributed by atoms with Gasteiger partial charge in [-0.3, -0.25) is 38.5 Å². The average molecular weight is 897 g/mol. The number of hydrogen-bond acceptors (Lipinski definition) is 10. The van der Waals surface area contributed by atoms with Crippen molar-refractivity contribution in [1.82, 2.24) is 30.2 Å². The summed E-state index contributed by atoms with van der Waals surface area (Å²) in [5.41, 5.74) is -0.625. The Balaban J connectivity index is 1.68. The molecule has 0 spiro atoms. The van der Waals surface area contributed by atoms with Crippen molar-refractivity contribution in [2.24, 2.45) is 17.8 Å². The second-order valence-electron chi connectivity index (χ2n) is 18.4. The van der Waals surface area contributed by atoms with Crippen LogP contribution in [0, 0.1) is 17.8 Å². The van der Waals surface area contributed by atoms with Crippen LogP contribution in [0.25, 0.3) is 0 Å². The fourth-order valence-corrected chi connectivity index (χ4v) is 8.74. The maximum absolute atomic E-state index is 14.5. The van der Waals surface area contributed by atoms with Gasteiger partial charge in [-0.05, 0) is 63.9 Å². The van der Waals surface area contributed by atoms with Crippen LogP contribution in [-0.4, -0.2) is 149 Å². The molecule has 2 aliphatic rings. The van der Waals surface area contributed by atoms with Gasteiger partial charge in [0, 0.05) is 60.0 Å². The highest BCUT2D eigenvalue weighted by Crippen LogP contribution is 2.30. The first-order chi connectivity index (χ1) is 30.1. The first-order valence-electron chi connectivity index (χ1n) is 22.9. The Bertz CT molecular complexity index is 1770. The predicted octanol–water partition coefficient (Wildman–Crippen LogP) is 4.01. The van der Waals surface area contributed by atoms with Crippen molar-refractivity contribution in [2.75, 3.05) is 41.4 Å². The number of likely N-dealkylation sites (N-methyl/N-ethyl adjacent to an activating group) is 2. The zero-order valence-electron chi connectivity index (χ0n) is 40.3. The molecular weight excluding hydrogens is 821 g/mol. The van der Waals surface area contributed by atoms with E-state index in [9.17, 15) is 38.7 Å². The van der Waals surface area contributed by atoms with Gasteiger partial charge < -0.3 is 39.9 Å². The van der Waals surface area contributed by atoms with E-state index in [0.29, 0.717) is 44.2 Å². The molecule has 1 fully saturated rings. The first-order valence-corrected chi connectivity index (χ1v) is 22.9. The van der Waals surface area contributed by atoms with Crippen LogP contribution < -0.4 is 10.6 Å². The summed E-state index contributed by atoms with van der Waals surface area (Å²) in [4.78, 5) is 99.1. The number of methoxy groups -OCH3 is 2. The van der Waals surface area contributed by atoms with Crippen molar-refractivity contribution in [3.05, 3.63) is 48.0 Å². The highest BCUT2D eigenvalue weighted by Gasteiger charge is 2.44. The molecule has 0 bridgehead atoms. The molecule has 0 aromatic heterocycles. The third kappa shape index (κ3) is 13.4. The molecule has 2 heterocycles. The van der Waals surface area contributed by atoms with Gasteiger partial charge in [-0.15, -0.1) is 0 Å². The predicted molar refractivity (Wildman–Crippen MR) is 243 cm³/mol. The van der Waals surface area contributed by atoms with E-state index in [1.807, 2.05) is 45.9 Å². The van der Waals surface area contributed by atoms with Crippen molar-refractivity contribution < 1.29 is 48.1 Å². The Morgan fingerprint density at radius 3 is 2.09 bits per heavy atom. The van der Waals surface area contributed by atoms with Crippen molar-refractivity contribution in [3.8, 4) is 0 Å². The molecule has 358 valence electrons. The molecular formula is C48H76N6O10. The van der Waals surface area contributed by atoms with Gasteiger partial charge in [-0.1, -0.05) is 77.8 Å². The molecule has 7 amide bonds. The number of unbranched alkanes of at least 4 members (excludes halogenated alkanes) is 2. The number of carbonyl (C=O) groups is 7. The summed E-state index contributed by atoms with van der Waals surface area (Å²) in [5.74, 6) is -3.38. The standard InChI is InChI=1S/C48H76N6O10/c1-13-31(4)42(36(63-11)29-40(58)53-28-20-23-35(53)44(64-12)32(5)45(60)49-33(6)43(59)34-21-16-14-17-22-34)51(9)46(61)41(30(2)3)50-47(62)48(7,8)52(10)37(55)24-18-15-19-27-54-38(56)25-26-39(54)57/h14,16-17,21-22,25-26,30-33,35-36,41-44,59H,13,15,18-20,23-24,27-29H2,1-12H3,(H,49,60)(H,50,62)/t31-,32+,33+,35-,36+,41-,42-,43+,44+/m0/s1. The van der Waals surface area contributed by atoms with Crippen molar-refractivity contribution in [3.63, 3.8) is 0 Å². The summed E-state index contributed by atoms with van der Waals surface area (Å²) >= 11 is 0. The minimum absolute atomic E-state index is 0.0404. The van der Waals surface area contributed by atoms with E-state index in [1.165, 1.54) is 36.2 Å². The Morgan fingerprint density at radius 1 is 0.906 bits per heavy atom. The van der Waals surface area contributed by atoms with E-state index in [0.717, 1.165) is 6.42 Å². The summed E-state index contributed by atoms with van der Waals surface area (Å²) in [5, 5.41) is 16.8. The molecule has 1 aromatic carbocycles. The molecule has 1 aromatic rings. The van der Waals surface area contributed by atoms with Crippen LogP contribution in [-0.2, 0) is 43.0 Å². The number of likely N-dealkylation sites (tertiary alicyclic amines) is 1. The number of hydrogen-bond donors (Lipinski definition) is 3. The van der Waals surface area contributed by atoms with Crippen LogP contribution in [0.3, 0.4) is 0 Å². The van der Waals surface area contributed by atoms with Gasteiger partial charge in [0.15, 0.2) is 0 Å². The maximum atomic E-state index is 14.5.